The molecule has 6 aromatic rings. The van der Waals surface area contributed by atoms with E-state index in [-0.39, 0.29) is 0 Å². The summed E-state index contributed by atoms with van der Waals surface area (Å²) in [5.41, 5.74) is 3.05. The number of furan rings is 4. The van der Waals surface area contributed by atoms with E-state index in [1.165, 1.54) is 0 Å². The van der Waals surface area contributed by atoms with Gasteiger partial charge in [0, 0.05) is 32.3 Å². The molecular weight excluding hydrogens is 280 g/mol. The second-order valence-corrected chi connectivity index (χ2v) is 5.40. The van der Waals surface area contributed by atoms with Gasteiger partial charge in [-0.3, -0.25) is 0 Å². The minimum Gasteiger partial charge on any atom is -0.460 e. The molecular formula is C18H8O4. The zero-order chi connectivity index (χ0) is 14.3. The maximum Gasteiger partial charge on any atom is 0.177 e. The molecule has 0 bridgehead atoms. The third-order valence-corrected chi connectivity index (χ3v) is 4.40. The molecule has 22 heavy (non-hydrogen) atoms. The summed E-state index contributed by atoms with van der Waals surface area (Å²) in [7, 11) is 0. The predicted octanol–water partition coefficient (Wildman–Crippen LogP) is 5.82. The molecule has 0 saturated heterocycles. The molecule has 4 heteroatoms. The van der Waals surface area contributed by atoms with Crippen molar-refractivity contribution in [1.82, 2.24) is 0 Å². The standard InChI is InChI=1S/C18H8O4/c1-5-19-15-9(1)13-10-2-6-21-17(10)18-12(4-8-22-18)14(13)11-3-7-20-16(11)15/h1-8H. The highest BCUT2D eigenvalue weighted by Crippen LogP contribution is 2.44. The Labute approximate surface area is 122 Å². The van der Waals surface area contributed by atoms with E-state index in [2.05, 4.69) is 0 Å². The number of fused-ring (bicyclic) bond motifs is 11. The van der Waals surface area contributed by atoms with E-state index in [0.29, 0.717) is 0 Å². The fourth-order valence-corrected chi connectivity index (χ4v) is 3.56. The van der Waals surface area contributed by atoms with Crippen molar-refractivity contribution in [3.8, 4) is 0 Å². The molecule has 0 atom stereocenters. The van der Waals surface area contributed by atoms with Crippen LogP contribution in [0.2, 0.25) is 0 Å². The molecule has 4 heterocycles. The highest BCUT2D eigenvalue weighted by Gasteiger charge is 2.21. The van der Waals surface area contributed by atoms with Crippen LogP contribution in [0.25, 0.3) is 54.6 Å². The molecule has 0 fully saturated rings. The number of rotatable bonds is 0. The van der Waals surface area contributed by atoms with Crippen LogP contribution in [0.5, 0.6) is 0 Å². The molecule has 6 rings (SSSR count). The van der Waals surface area contributed by atoms with Crippen molar-refractivity contribution >= 4 is 54.6 Å². The Balaban J connectivity index is 2.19. The summed E-state index contributed by atoms with van der Waals surface area (Å²) in [5, 5.41) is 6.29. The molecule has 0 saturated carbocycles. The van der Waals surface area contributed by atoms with Gasteiger partial charge < -0.3 is 17.7 Å². The van der Waals surface area contributed by atoms with Crippen molar-refractivity contribution in [3.05, 3.63) is 49.3 Å². The van der Waals surface area contributed by atoms with E-state index >= 15 is 0 Å². The normalized spacial score (nSPS) is 12.5. The number of hydrogen-bond donors (Lipinski definition) is 0. The summed E-state index contributed by atoms with van der Waals surface area (Å²) < 4.78 is 22.7. The molecule has 2 aromatic carbocycles. The number of benzene rings is 2. The van der Waals surface area contributed by atoms with Gasteiger partial charge in [-0.1, -0.05) is 0 Å². The third-order valence-electron chi connectivity index (χ3n) is 4.40. The highest BCUT2D eigenvalue weighted by atomic mass is 16.4. The van der Waals surface area contributed by atoms with Crippen LogP contribution < -0.4 is 0 Å². The predicted molar refractivity (Wildman–Crippen MR) is 83.0 cm³/mol. The first-order valence-electron chi connectivity index (χ1n) is 7.00. The van der Waals surface area contributed by atoms with Crippen molar-refractivity contribution < 1.29 is 17.7 Å². The summed E-state index contributed by atoms with van der Waals surface area (Å²) in [6.45, 7) is 0. The van der Waals surface area contributed by atoms with Crippen molar-refractivity contribution in [2.24, 2.45) is 0 Å². The smallest absolute Gasteiger partial charge is 0.177 e. The second-order valence-electron chi connectivity index (χ2n) is 5.40. The van der Waals surface area contributed by atoms with E-state index in [1.807, 2.05) is 24.3 Å². The van der Waals surface area contributed by atoms with Gasteiger partial charge in [-0.25, -0.2) is 0 Å². The van der Waals surface area contributed by atoms with E-state index in [1.54, 1.807) is 25.1 Å². The quantitative estimate of drug-likeness (QED) is 0.353. The van der Waals surface area contributed by atoms with Crippen LogP contribution in [0.3, 0.4) is 0 Å². The maximum absolute atomic E-state index is 5.67. The highest BCUT2D eigenvalue weighted by molar-refractivity contribution is 6.36. The first kappa shape index (κ1) is 10.6. The summed E-state index contributed by atoms with van der Waals surface area (Å²) in [6, 6.07) is 7.88. The van der Waals surface area contributed by atoms with Crippen LogP contribution in [-0.4, -0.2) is 0 Å². The lowest BCUT2D eigenvalue weighted by Crippen LogP contribution is -1.80. The first-order valence-corrected chi connectivity index (χ1v) is 7.00. The van der Waals surface area contributed by atoms with Gasteiger partial charge in [-0.15, -0.1) is 0 Å². The van der Waals surface area contributed by atoms with Crippen molar-refractivity contribution in [2.75, 3.05) is 0 Å². The summed E-state index contributed by atoms with van der Waals surface area (Å²) in [4.78, 5) is 0. The lowest BCUT2D eigenvalue weighted by molar-refractivity contribution is 0.582. The van der Waals surface area contributed by atoms with Crippen LogP contribution in [0, 0.1) is 0 Å². The lowest BCUT2D eigenvalue weighted by atomic mass is 9.97. The zero-order valence-corrected chi connectivity index (χ0v) is 11.3. The van der Waals surface area contributed by atoms with Gasteiger partial charge in [0.1, 0.15) is 0 Å². The van der Waals surface area contributed by atoms with Gasteiger partial charge in [-0.05, 0) is 24.3 Å². The molecule has 0 amide bonds. The minimum absolute atomic E-state index is 0.762. The Morgan fingerprint density at radius 2 is 0.682 bits per heavy atom. The molecule has 0 aliphatic rings. The summed E-state index contributed by atoms with van der Waals surface area (Å²) >= 11 is 0. The molecule has 4 nitrogen and oxygen atoms in total. The van der Waals surface area contributed by atoms with E-state index in [4.69, 9.17) is 17.7 Å². The molecule has 0 unspecified atom stereocenters. The van der Waals surface area contributed by atoms with Crippen LogP contribution in [-0.2, 0) is 0 Å². The molecule has 0 radical (unpaired) electrons. The fraction of sp³-hybridized carbons (Fsp3) is 0. The Hall–Kier alpha value is -3.14. The minimum atomic E-state index is 0.762. The van der Waals surface area contributed by atoms with Crippen molar-refractivity contribution in [2.45, 2.75) is 0 Å². The van der Waals surface area contributed by atoms with Gasteiger partial charge in [0.25, 0.3) is 0 Å². The van der Waals surface area contributed by atoms with Gasteiger partial charge in [0.2, 0.25) is 0 Å². The topological polar surface area (TPSA) is 52.6 Å². The van der Waals surface area contributed by atoms with Gasteiger partial charge in [0.15, 0.2) is 22.3 Å². The molecule has 4 aromatic heterocycles. The lowest BCUT2D eigenvalue weighted by Gasteiger charge is -2.05. The fourth-order valence-electron chi connectivity index (χ4n) is 3.56. The largest absolute Gasteiger partial charge is 0.460 e. The van der Waals surface area contributed by atoms with Crippen LogP contribution >= 0.6 is 0 Å². The molecule has 0 aliphatic carbocycles. The Bertz CT molecular complexity index is 1120. The Kier molecular flexibility index (Phi) is 1.61. The zero-order valence-electron chi connectivity index (χ0n) is 11.3. The van der Waals surface area contributed by atoms with E-state index in [0.717, 1.165) is 54.6 Å². The summed E-state index contributed by atoms with van der Waals surface area (Å²) in [6.07, 6.45) is 6.77. The molecule has 0 spiro atoms. The maximum atomic E-state index is 5.67. The third kappa shape index (κ3) is 1.01. The SMILES string of the molecule is c1cc2c(o1)c1occc1c1c3ccoc3c3occc3c21. The van der Waals surface area contributed by atoms with Crippen LogP contribution in [0.4, 0.5) is 0 Å². The van der Waals surface area contributed by atoms with E-state index < -0.39 is 0 Å². The monoisotopic (exact) mass is 288 g/mol. The van der Waals surface area contributed by atoms with Crippen molar-refractivity contribution in [3.63, 3.8) is 0 Å². The van der Waals surface area contributed by atoms with Gasteiger partial charge in [0.05, 0.1) is 25.1 Å². The Morgan fingerprint density at radius 1 is 0.409 bits per heavy atom. The van der Waals surface area contributed by atoms with Gasteiger partial charge in [-0.2, -0.15) is 0 Å². The molecule has 0 aliphatic heterocycles. The average Bonchev–Trinajstić information content (AvgIpc) is 3.28. The van der Waals surface area contributed by atoms with Gasteiger partial charge >= 0.3 is 0 Å². The van der Waals surface area contributed by atoms with Crippen molar-refractivity contribution in [1.29, 1.82) is 0 Å². The molecule has 0 N–H and O–H groups in total. The molecule has 104 valence electrons. The average molecular weight is 288 g/mol. The van der Waals surface area contributed by atoms with E-state index in [9.17, 15) is 0 Å². The van der Waals surface area contributed by atoms with Crippen LogP contribution in [0.15, 0.2) is 67.0 Å². The first-order chi connectivity index (χ1) is 10.9. The van der Waals surface area contributed by atoms with Crippen LogP contribution in [0.1, 0.15) is 0 Å². The second kappa shape index (κ2) is 3.36. The summed E-state index contributed by atoms with van der Waals surface area (Å²) in [5.74, 6) is 0. The Morgan fingerprint density at radius 3 is 0.955 bits per heavy atom. The number of hydrogen-bond acceptors (Lipinski definition) is 4.